The number of urea groups is 1. The second-order valence-corrected chi connectivity index (χ2v) is 8.14. The van der Waals surface area contributed by atoms with E-state index in [4.69, 9.17) is 4.74 Å². The zero-order valence-corrected chi connectivity index (χ0v) is 16.0. The molecule has 3 saturated heterocycles. The van der Waals surface area contributed by atoms with Gasteiger partial charge in [0.1, 0.15) is 6.10 Å². The molecule has 1 spiro atoms. The van der Waals surface area contributed by atoms with Crippen molar-refractivity contribution in [1.29, 1.82) is 0 Å². The monoisotopic (exact) mass is 371 g/mol. The van der Waals surface area contributed by atoms with Crippen molar-refractivity contribution in [3.8, 4) is 0 Å². The molecule has 3 aliphatic heterocycles. The van der Waals surface area contributed by atoms with Gasteiger partial charge in [0.25, 0.3) is 5.91 Å². The maximum atomic E-state index is 12.7. The number of anilines is 1. The summed E-state index contributed by atoms with van der Waals surface area (Å²) in [6.07, 6.45) is 4.41. The third kappa shape index (κ3) is 3.68. The summed E-state index contributed by atoms with van der Waals surface area (Å²) >= 11 is 0. The van der Waals surface area contributed by atoms with Crippen LogP contribution in [0.1, 0.15) is 39.0 Å². The molecule has 3 heterocycles. The maximum absolute atomic E-state index is 12.7. The van der Waals surface area contributed by atoms with Crippen molar-refractivity contribution in [2.45, 2.75) is 50.7 Å². The van der Waals surface area contributed by atoms with E-state index in [1.807, 2.05) is 40.1 Å². The Balaban J connectivity index is 1.34. The van der Waals surface area contributed by atoms with Gasteiger partial charge in [0.05, 0.1) is 5.60 Å². The zero-order chi connectivity index (χ0) is 18.9. The summed E-state index contributed by atoms with van der Waals surface area (Å²) in [7, 11) is 0. The van der Waals surface area contributed by atoms with E-state index < -0.39 is 0 Å². The normalized spacial score (nSPS) is 30.7. The largest absolute Gasteiger partial charge is 0.362 e. The molecule has 0 bridgehead atoms. The molecule has 3 fully saturated rings. The predicted octanol–water partition coefficient (Wildman–Crippen LogP) is 3.10. The summed E-state index contributed by atoms with van der Waals surface area (Å²) in [5.74, 6) is 0.380. The molecule has 27 heavy (non-hydrogen) atoms. The first-order valence-electron chi connectivity index (χ1n) is 10.1. The topological polar surface area (TPSA) is 61.9 Å². The fourth-order valence-electron chi connectivity index (χ4n) is 4.71. The number of amides is 3. The van der Waals surface area contributed by atoms with Gasteiger partial charge < -0.3 is 19.9 Å². The van der Waals surface area contributed by atoms with Gasteiger partial charge >= 0.3 is 6.03 Å². The zero-order valence-electron chi connectivity index (χ0n) is 16.0. The summed E-state index contributed by atoms with van der Waals surface area (Å²) in [5, 5.41) is 2.96. The molecule has 6 nitrogen and oxygen atoms in total. The van der Waals surface area contributed by atoms with Gasteiger partial charge in [-0.2, -0.15) is 0 Å². The number of rotatable bonds is 2. The minimum absolute atomic E-state index is 0.0643. The highest BCUT2D eigenvalue weighted by Crippen LogP contribution is 2.43. The summed E-state index contributed by atoms with van der Waals surface area (Å²) in [6, 6.07) is 9.47. The average molecular weight is 371 g/mol. The first kappa shape index (κ1) is 18.3. The molecule has 3 aliphatic rings. The molecule has 0 radical (unpaired) electrons. The summed E-state index contributed by atoms with van der Waals surface area (Å²) in [4.78, 5) is 29.1. The number of nitrogens with one attached hydrogen (secondary N) is 1. The van der Waals surface area contributed by atoms with Crippen molar-refractivity contribution in [2.24, 2.45) is 5.92 Å². The number of benzene rings is 1. The summed E-state index contributed by atoms with van der Waals surface area (Å²) in [6.45, 7) is 5.20. The van der Waals surface area contributed by atoms with Gasteiger partial charge in [-0.3, -0.25) is 4.79 Å². The number of nitrogens with zero attached hydrogens (tertiary/aromatic N) is 2. The van der Waals surface area contributed by atoms with Crippen LogP contribution in [0.4, 0.5) is 10.5 Å². The molecule has 4 rings (SSSR count). The maximum Gasteiger partial charge on any atom is 0.321 e. The van der Waals surface area contributed by atoms with Gasteiger partial charge in [0, 0.05) is 37.8 Å². The second kappa shape index (κ2) is 7.50. The van der Waals surface area contributed by atoms with Gasteiger partial charge in [-0.05, 0) is 44.2 Å². The molecular formula is C21H29N3O3. The Morgan fingerprint density at radius 2 is 1.81 bits per heavy atom. The van der Waals surface area contributed by atoms with Crippen LogP contribution in [0.3, 0.4) is 0 Å². The van der Waals surface area contributed by atoms with Crippen LogP contribution in [0.5, 0.6) is 0 Å². The van der Waals surface area contributed by atoms with Gasteiger partial charge in [-0.15, -0.1) is 0 Å². The van der Waals surface area contributed by atoms with Crippen LogP contribution in [0.25, 0.3) is 0 Å². The van der Waals surface area contributed by atoms with E-state index in [0.29, 0.717) is 13.1 Å². The fourth-order valence-corrected chi connectivity index (χ4v) is 4.71. The van der Waals surface area contributed by atoms with Crippen LogP contribution in [0.2, 0.25) is 0 Å². The van der Waals surface area contributed by atoms with E-state index >= 15 is 0 Å². The molecule has 0 unspecified atom stereocenters. The highest BCUT2D eigenvalue weighted by Gasteiger charge is 2.50. The minimum atomic E-state index is -0.296. The molecule has 6 heteroatoms. The van der Waals surface area contributed by atoms with Crippen molar-refractivity contribution < 1.29 is 14.3 Å². The molecule has 0 saturated carbocycles. The first-order chi connectivity index (χ1) is 13.1. The van der Waals surface area contributed by atoms with E-state index in [1.165, 1.54) is 0 Å². The van der Waals surface area contributed by atoms with Crippen LogP contribution in [-0.2, 0) is 9.53 Å². The number of carbonyl (C=O) groups is 2. The number of hydrogen-bond acceptors (Lipinski definition) is 3. The van der Waals surface area contributed by atoms with Crippen LogP contribution in [-0.4, -0.2) is 59.6 Å². The van der Waals surface area contributed by atoms with Crippen molar-refractivity contribution in [3.63, 3.8) is 0 Å². The lowest BCUT2D eigenvalue weighted by Crippen LogP contribution is -2.54. The Labute approximate surface area is 160 Å². The molecule has 3 amide bonds. The van der Waals surface area contributed by atoms with Crippen LogP contribution in [0, 0.1) is 5.92 Å². The Bertz CT molecular complexity index is 689. The highest BCUT2D eigenvalue weighted by molar-refractivity contribution is 5.89. The molecule has 1 aromatic carbocycles. The Kier molecular flexibility index (Phi) is 5.08. The second-order valence-electron chi connectivity index (χ2n) is 8.14. The first-order valence-corrected chi connectivity index (χ1v) is 10.1. The molecular weight excluding hydrogens is 342 g/mol. The molecule has 0 aromatic heterocycles. The summed E-state index contributed by atoms with van der Waals surface area (Å²) < 4.78 is 6.37. The number of piperidine rings is 1. The Hall–Kier alpha value is -2.08. The smallest absolute Gasteiger partial charge is 0.321 e. The Morgan fingerprint density at radius 3 is 2.52 bits per heavy atom. The van der Waals surface area contributed by atoms with E-state index in [-0.39, 0.29) is 29.6 Å². The molecule has 1 aromatic rings. The lowest BCUT2D eigenvalue weighted by Gasteiger charge is -2.44. The van der Waals surface area contributed by atoms with Crippen molar-refractivity contribution >= 4 is 17.6 Å². The minimum Gasteiger partial charge on any atom is -0.362 e. The van der Waals surface area contributed by atoms with Gasteiger partial charge in [-0.25, -0.2) is 4.79 Å². The van der Waals surface area contributed by atoms with Crippen LogP contribution < -0.4 is 5.32 Å². The van der Waals surface area contributed by atoms with E-state index in [2.05, 4.69) is 12.2 Å². The average Bonchev–Trinajstić information content (AvgIpc) is 3.35. The fraction of sp³-hybridized carbons (Fsp3) is 0.619. The van der Waals surface area contributed by atoms with Crippen molar-refractivity contribution in [3.05, 3.63) is 30.3 Å². The third-order valence-corrected chi connectivity index (χ3v) is 6.41. The number of likely N-dealkylation sites (tertiary alicyclic amines) is 2. The van der Waals surface area contributed by atoms with Crippen LogP contribution >= 0.6 is 0 Å². The molecule has 146 valence electrons. The van der Waals surface area contributed by atoms with Gasteiger partial charge in [-0.1, -0.05) is 25.1 Å². The number of para-hydroxylation sites is 1. The van der Waals surface area contributed by atoms with E-state index in [9.17, 15) is 9.59 Å². The standard InChI is InChI=1S/C21H29N3O3/c1-16-15-24(20(26)22-17-7-3-2-4-8-17)14-11-21(16)10-9-18(27-21)19(25)23-12-5-6-13-23/h2-4,7-8,16,18H,5-6,9-15H2,1H3,(H,22,26)/t16-,18-,21+/m1/s1. The van der Waals surface area contributed by atoms with E-state index in [1.54, 1.807) is 0 Å². The lowest BCUT2D eigenvalue weighted by atomic mass is 9.80. The molecule has 1 N–H and O–H groups in total. The SMILES string of the molecule is C[C@@H]1CN(C(=O)Nc2ccccc2)CC[C@@]12CC[C@H](C(=O)N1CCCC1)O2. The Morgan fingerprint density at radius 1 is 1.07 bits per heavy atom. The molecule has 3 atom stereocenters. The van der Waals surface area contributed by atoms with Crippen LogP contribution in [0.15, 0.2) is 30.3 Å². The van der Waals surface area contributed by atoms with Crippen molar-refractivity contribution in [1.82, 2.24) is 9.80 Å². The lowest BCUT2D eigenvalue weighted by molar-refractivity contribution is -0.154. The summed E-state index contributed by atoms with van der Waals surface area (Å²) in [5.41, 5.74) is 0.549. The van der Waals surface area contributed by atoms with Crippen molar-refractivity contribution in [2.75, 3.05) is 31.5 Å². The molecule has 0 aliphatic carbocycles. The van der Waals surface area contributed by atoms with Gasteiger partial charge in [0.15, 0.2) is 0 Å². The predicted molar refractivity (Wildman–Crippen MR) is 103 cm³/mol. The quantitative estimate of drug-likeness (QED) is 0.869. The van der Waals surface area contributed by atoms with Gasteiger partial charge in [0.2, 0.25) is 0 Å². The highest BCUT2D eigenvalue weighted by atomic mass is 16.5. The van der Waals surface area contributed by atoms with E-state index in [0.717, 1.165) is 50.9 Å². The number of ether oxygens (including phenoxy) is 1. The number of hydrogen-bond donors (Lipinski definition) is 1. The number of carbonyl (C=O) groups excluding carboxylic acids is 2. The third-order valence-electron chi connectivity index (χ3n) is 6.41.